The number of rotatable bonds is 4. The van der Waals surface area contributed by atoms with Crippen LogP contribution in [0.2, 0.25) is 0 Å². The minimum absolute atomic E-state index is 0.174. The Labute approximate surface area is 173 Å². The fourth-order valence-corrected chi connectivity index (χ4v) is 8.33. The Balaban J connectivity index is 1.62. The van der Waals surface area contributed by atoms with Crippen LogP contribution >= 0.6 is 0 Å². The molecule has 0 heterocycles. The first-order valence-electron chi connectivity index (χ1n) is 11.9. The molecule has 28 heavy (non-hydrogen) atoms. The fourth-order valence-electron chi connectivity index (χ4n) is 8.33. The lowest BCUT2D eigenvalue weighted by atomic mass is 9.46. The number of hydrogen-bond acceptors (Lipinski definition) is 3. The summed E-state index contributed by atoms with van der Waals surface area (Å²) in [6, 6.07) is 1.29. The summed E-state index contributed by atoms with van der Waals surface area (Å²) in [5.41, 5.74) is 2.36. The van der Waals surface area contributed by atoms with Crippen molar-refractivity contribution in [1.29, 1.82) is 0 Å². The van der Waals surface area contributed by atoms with Gasteiger partial charge >= 0.3 is 0 Å². The molecule has 3 saturated carbocycles. The van der Waals surface area contributed by atoms with Crippen molar-refractivity contribution in [2.24, 2.45) is 34.5 Å². The molecular formula is C25H44N2O. The zero-order chi connectivity index (χ0) is 20.3. The largest absolute Gasteiger partial charge is 0.396 e. The number of allylic oxidation sites excluding steroid dienone is 1. The summed E-state index contributed by atoms with van der Waals surface area (Å²) >= 11 is 0. The van der Waals surface area contributed by atoms with Gasteiger partial charge in [-0.15, -0.1) is 0 Å². The van der Waals surface area contributed by atoms with E-state index < -0.39 is 0 Å². The summed E-state index contributed by atoms with van der Waals surface area (Å²) in [6.45, 7) is 5.39. The lowest BCUT2D eigenvalue weighted by Crippen LogP contribution is -2.54. The summed E-state index contributed by atoms with van der Waals surface area (Å²) in [4.78, 5) is 4.83. The van der Waals surface area contributed by atoms with E-state index in [9.17, 15) is 5.11 Å². The summed E-state index contributed by atoms with van der Waals surface area (Å²) < 4.78 is 0. The zero-order valence-electron chi connectivity index (χ0n) is 19.2. The van der Waals surface area contributed by atoms with Crippen molar-refractivity contribution in [3.8, 4) is 0 Å². The highest BCUT2D eigenvalue weighted by Crippen LogP contribution is 2.66. The lowest BCUT2D eigenvalue weighted by molar-refractivity contribution is -0.0892. The van der Waals surface area contributed by atoms with Gasteiger partial charge in [0.1, 0.15) is 0 Å². The van der Waals surface area contributed by atoms with Gasteiger partial charge in [0.05, 0.1) is 0 Å². The molecule has 3 nitrogen and oxygen atoms in total. The third kappa shape index (κ3) is 2.94. The molecule has 1 N–H and O–H groups in total. The number of hydrogen-bond donors (Lipinski definition) is 1. The van der Waals surface area contributed by atoms with Crippen LogP contribution in [0, 0.1) is 34.5 Å². The molecular weight excluding hydrogens is 344 g/mol. The van der Waals surface area contributed by atoms with Crippen molar-refractivity contribution >= 4 is 0 Å². The zero-order valence-corrected chi connectivity index (χ0v) is 19.2. The Bertz CT molecular complexity index is 614. The molecule has 0 aromatic heterocycles. The molecule has 4 aliphatic carbocycles. The molecule has 0 saturated heterocycles. The molecule has 0 aromatic rings. The summed E-state index contributed by atoms with van der Waals surface area (Å²) in [6.07, 6.45) is 13.1. The third-order valence-corrected chi connectivity index (χ3v) is 10.3. The van der Waals surface area contributed by atoms with Crippen LogP contribution in [0.25, 0.3) is 0 Å². The van der Waals surface area contributed by atoms with Gasteiger partial charge in [-0.3, -0.25) is 0 Å². The SMILES string of the molecule is C[C@@H]([C@H]1CC[C@@H]2[C@@H]3CC=C4C[C@@H](N(C)C)CC[C@]4(C)[C@H]3CC[C@@]21CO)N(C)C. The van der Waals surface area contributed by atoms with E-state index in [4.69, 9.17) is 0 Å². The number of fused-ring (bicyclic) bond motifs is 5. The Hall–Kier alpha value is -0.380. The molecule has 0 unspecified atom stereocenters. The first-order chi connectivity index (χ1) is 13.2. The van der Waals surface area contributed by atoms with Crippen molar-refractivity contribution in [3.05, 3.63) is 11.6 Å². The van der Waals surface area contributed by atoms with E-state index in [0.29, 0.717) is 24.0 Å². The third-order valence-electron chi connectivity index (χ3n) is 10.3. The van der Waals surface area contributed by atoms with E-state index in [0.717, 1.165) is 23.8 Å². The number of nitrogens with zero attached hydrogens (tertiary/aromatic N) is 2. The summed E-state index contributed by atoms with van der Waals surface area (Å²) in [7, 11) is 8.93. The fraction of sp³-hybridized carbons (Fsp3) is 0.920. The van der Waals surface area contributed by atoms with E-state index in [1.807, 2.05) is 0 Å². The molecule has 0 radical (unpaired) electrons. The van der Waals surface area contributed by atoms with Gasteiger partial charge in [-0.1, -0.05) is 18.6 Å². The monoisotopic (exact) mass is 388 g/mol. The second kappa shape index (κ2) is 7.39. The predicted octanol–water partition coefficient (Wildman–Crippen LogP) is 4.42. The second-order valence-corrected chi connectivity index (χ2v) is 11.4. The molecule has 3 heteroatoms. The molecule has 160 valence electrons. The first-order valence-corrected chi connectivity index (χ1v) is 11.9. The maximum atomic E-state index is 10.7. The van der Waals surface area contributed by atoms with Crippen LogP contribution in [0.3, 0.4) is 0 Å². The molecule has 0 spiro atoms. The van der Waals surface area contributed by atoms with E-state index >= 15 is 0 Å². The van der Waals surface area contributed by atoms with Crippen LogP contribution in [-0.2, 0) is 0 Å². The topological polar surface area (TPSA) is 26.7 Å². The van der Waals surface area contributed by atoms with Crippen LogP contribution in [0.5, 0.6) is 0 Å². The van der Waals surface area contributed by atoms with Gasteiger partial charge in [-0.05, 0) is 116 Å². The van der Waals surface area contributed by atoms with Gasteiger partial charge in [-0.2, -0.15) is 0 Å². The Morgan fingerprint density at radius 3 is 2.46 bits per heavy atom. The van der Waals surface area contributed by atoms with Crippen molar-refractivity contribution < 1.29 is 5.11 Å². The van der Waals surface area contributed by atoms with E-state index in [2.05, 4.69) is 57.9 Å². The Morgan fingerprint density at radius 2 is 1.82 bits per heavy atom. The molecule has 0 amide bonds. The van der Waals surface area contributed by atoms with Crippen molar-refractivity contribution in [2.75, 3.05) is 34.8 Å². The summed E-state index contributed by atoms with van der Waals surface area (Å²) in [5.74, 6) is 3.02. The van der Waals surface area contributed by atoms with E-state index in [1.165, 1.54) is 51.4 Å². The van der Waals surface area contributed by atoms with Crippen molar-refractivity contribution in [3.63, 3.8) is 0 Å². The van der Waals surface area contributed by atoms with Crippen LogP contribution in [0.1, 0.15) is 65.2 Å². The van der Waals surface area contributed by atoms with Gasteiger partial charge < -0.3 is 14.9 Å². The number of aliphatic hydroxyl groups excluding tert-OH is 1. The van der Waals surface area contributed by atoms with Gasteiger partial charge in [0.2, 0.25) is 0 Å². The Kier molecular flexibility index (Phi) is 5.51. The average molecular weight is 389 g/mol. The molecule has 3 fully saturated rings. The molecule has 8 atom stereocenters. The van der Waals surface area contributed by atoms with Crippen LogP contribution in [-0.4, -0.2) is 61.8 Å². The second-order valence-electron chi connectivity index (χ2n) is 11.4. The maximum Gasteiger partial charge on any atom is 0.0493 e. The van der Waals surface area contributed by atoms with Gasteiger partial charge in [-0.25, -0.2) is 0 Å². The highest BCUT2D eigenvalue weighted by molar-refractivity contribution is 5.26. The number of aliphatic hydroxyl groups is 1. The van der Waals surface area contributed by atoms with E-state index in [-0.39, 0.29) is 5.41 Å². The highest BCUT2D eigenvalue weighted by Gasteiger charge is 2.61. The van der Waals surface area contributed by atoms with Gasteiger partial charge in [0.15, 0.2) is 0 Å². The highest BCUT2D eigenvalue weighted by atomic mass is 16.3. The quantitative estimate of drug-likeness (QED) is 0.722. The molecule has 0 aliphatic heterocycles. The lowest BCUT2D eigenvalue weighted by Gasteiger charge is -2.59. The van der Waals surface area contributed by atoms with Crippen LogP contribution < -0.4 is 0 Å². The standard InChI is InChI=1S/C25H44N2O/c1-17(26(3)4)21-9-10-23-20-8-7-18-15-19(27(5)6)11-13-24(18,2)22(20)12-14-25(21,23)16-28/h7,17,19-23,28H,8-16H2,1-6H3/t17-,19-,20+,21+,22-,23+,24-,25-/m0/s1. The van der Waals surface area contributed by atoms with Gasteiger partial charge in [0, 0.05) is 24.1 Å². The average Bonchev–Trinajstić information content (AvgIpc) is 3.06. The van der Waals surface area contributed by atoms with Gasteiger partial charge in [0.25, 0.3) is 0 Å². The van der Waals surface area contributed by atoms with Crippen LogP contribution in [0.15, 0.2) is 11.6 Å². The Morgan fingerprint density at radius 1 is 1.07 bits per heavy atom. The van der Waals surface area contributed by atoms with Crippen molar-refractivity contribution in [1.82, 2.24) is 9.80 Å². The van der Waals surface area contributed by atoms with Crippen LogP contribution in [0.4, 0.5) is 0 Å². The van der Waals surface area contributed by atoms with Crippen molar-refractivity contribution in [2.45, 2.75) is 77.3 Å². The molecule has 4 aliphatic rings. The molecule has 4 rings (SSSR count). The first kappa shape index (κ1) is 20.9. The smallest absolute Gasteiger partial charge is 0.0493 e. The molecule has 0 bridgehead atoms. The molecule has 0 aromatic carbocycles. The van der Waals surface area contributed by atoms with E-state index in [1.54, 1.807) is 5.57 Å². The minimum Gasteiger partial charge on any atom is -0.396 e. The predicted molar refractivity (Wildman–Crippen MR) is 117 cm³/mol. The maximum absolute atomic E-state index is 10.7. The normalized spacial score (nSPS) is 46.8. The minimum atomic E-state index is 0.174. The summed E-state index contributed by atoms with van der Waals surface area (Å²) in [5, 5.41) is 10.7.